The molecule has 0 bridgehead atoms. The number of carboxylic acid groups (broad SMARTS) is 1. The SMILES string of the molecule is CN1C(=O)N(C)C(=O)C(C)(NS(=O)(=O)c2ccc(NC(=O)CCC(=O)O)cc2)C1=O. The number of carbonyl (C=O) groups is 5. The van der Waals surface area contributed by atoms with Gasteiger partial charge in [-0.15, -0.1) is 0 Å². The quantitative estimate of drug-likeness (QED) is 0.480. The number of nitrogens with zero attached hydrogens (tertiary/aromatic N) is 2. The third-order valence-corrected chi connectivity index (χ3v) is 5.96. The number of hydrogen-bond donors (Lipinski definition) is 3. The zero-order chi connectivity index (χ0) is 22.9. The molecule has 1 aliphatic heterocycles. The smallest absolute Gasteiger partial charge is 0.332 e. The molecule has 12 nitrogen and oxygen atoms in total. The number of urea groups is 1. The van der Waals surface area contributed by atoms with E-state index in [4.69, 9.17) is 5.11 Å². The Balaban J connectivity index is 2.20. The van der Waals surface area contributed by atoms with Gasteiger partial charge >= 0.3 is 12.0 Å². The van der Waals surface area contributed by atoms with Crippen LogP contribution in [0.1, 0.15) is 19.8 Å². The van der Waals surface area contributed by atoms with Crippen LogP contribution in [0.3, 0.4) is 0 Å². The summed E-state index contributed by atoms with van der Waals surface area (Å²) in [7, 11) is -2.11. The number of carbonyl (C=O) groups excluding carboxylic acids is 4. The number of rotatable bonds is 7. The third-order valence-electron chi connectivity index (χ3n) is 4.39. The summed E-state index contributed by atoms with van der Waals surface area (Å²) in [4.78, 5) is 59.8. The van der Waals surface area contributed by atoms with Crippen molar-refractivity contribution < 1.29 is 37.5 Å². The van der Waals surface area contributed by atoms with E-state index in [0.717, 1.165) is 33.2 Å². The van der Waals surface area contributed by atoms with Crippen LogP contribution in [0.2, 0.25) is 0 Å². The average Bonchev–Trinajstić information content (AvgIpc) is 2.68. The van der Waals surface area contributed by atoms with Gasteiger partial charge in [-0.3, -0.25) is 29.0 Å². The Bertz CT molecular complexity index is 995. The molecule has 5 amide bonds. The van der Waals surface area contributed by atoms with Crippen molar-refractivity contribution in [1.29, 1.82) is 0 Å². The second kappa shape index (κ2) is 8.20. The number of hydrogen-bond acceptors (Lipinski definition) is 7. The molecule has 3 N–H and O–H groups in total. The molecule has 0 spiro atoms. The minimum Gasteiger partial charge on any atom is -0.481 e. The van der Waals surface area contributed by atoms with Gasteiger partial charge in [0.2, 0.25) is 15.9 Å². The van der Waals surface area contributed by atoms with Gasteiger partial charge in [0.1, 0.15) is 0 Å². The van der Waals surface area contributed by atoms with Crippen molar-refractivity contribution in [3.05, 3.63) is 24.3 Å². The lowest BCUT2D eigenvalue weighted by atomic mass is 9.98. The van der Waals surface area contributed by atoms with E-state index >= 15 is 0 Å². The molecule has 0 aromatic heterocycles. The molecule has 0 radical (unpaired) electrons. The first-order valence-electron chi connectivity index (χ1n) is 8.55. The summed E-state index contributed by atoms with van der Waals surface area (Å²) in [5, 5.41) is 11.0. The first-order chi connectivity index (χ1) is 13.8. The van der Waals surface area contributed by atoms with E-state index in [1.807, 2.05) is 4.72 Å². The highest BCUT2D eigenvalue weighted by Crippen LogP contribution is 2.23. The fourth-order valence-electron chi connectivity index (χ4n) is 2.74. The van der Waals surface area contributed by atoms with Gasteiger partial charge in [0.15, 0.2) is 5.54 Å². The Morgan fingerprint density at radius 2 is 1.50 bits per heavy atom. The van der Waals surface area contributed by atoms with Crippen molar-refractivity contribution in [3.63, 3.8) is 0 Å². The molecule has 1 aromatic rings. The van der Waals surface area contributed by atoms with E-state index in [0.29, 0.717) is 9.80 Å². The number of imide groups is 2. The number of barbiturate groups is 1. The minimum absolute atomic E-state index is 0.227. The molecule has 30 heavy (non-hydrogen) atoms. The first kappa shape index (κ1) is 23.0. The molecular weight excluding hydrogens is 420 g/mol. The number of likely N-dealkylation sites (N-methyl/N-ethyl adjacent to an activating group) is 2. The zero-order valence-electron chi connectivity index (χ0n) is 16.3. The maximum Gasteiger partial charge on any atom is 0.332 e. The largest absolute Gasteiger partial charge is 0.481 e. The summed E-state index contributed by atoms with van der Waals surface area (Å²) in [6.45, 7) is 1.06. The predicted molar refractivity (Wildman–Crippen MR) is 102 cm³/mol. The van der Waals surface area contributed by atoms with Gasteiger partial charge in [-0.25, -0.2) is 13.2 Å². The van der Waals surface area contributed by atoms with Crippen molar-refractivity contribution in [2.24, 2.45) is 0 Å². The van der Waals surface area contributed by atoms with Crippen LogP contribution in [-0.4, -0.2) is 72.7 Å². The highest BCUT2D eigenvalue weighted by molar-refractivity contribution is 7.89. The Kier molecular flexibility index (Phi) is 6.28. The molecule has 1 aliphatic rings. The molecule has 0 saturated carbocycles. The van der Waals surface area contributed by atoms with Crippen LogP contribution in [-0.2, 0) is 29.2 Å². The standard InChI is InChI=1S/C17H20N4O8S/c1-17(14(25)20(2)16(27)21(3)15(17)26)19-30(28,29)11-6-4-10(5-7-11)18-12(22)8-9-13(23)24/h4-7,19H,8-9H2,1-3H3,(H,18,22)(H,23,24). The van der Waals surface area contributed by atoms with Gasteiger partial charge in [-0.1, -0.05) is 0 Å². The fraction of sp³-hybridized carbons (Fsp3) is 0.353. The molecule has 0 aliphatic carbocycles. The summed E-state index contributed by atoms with van der Waals surface area (Å²) in [6, 6.07) is 3.91. The Labute approximate surface area is 171 Å². The highest BCUT2D eigenvalue weighted by Gasteiger charge is 2.54. The van der Waals surface area contributed by atoms with Crippen LogP contribution < -0.4 is 10.0 Å². The summed E-state index contributed by atoms with van der Waals surface area (Å²) < 4.78 is 27.5. The molecule has 1 heterocycles. The Morgan fingerprint density at radius 3 is 1.97 bits per heavy atom. The number of nitrogens with one attached hydrogen (secondary N) is 2. The van der Waals surface area contributed by atoms with Gasteiger partial charge in [-0.2, -0.15) is 4.72 Å². The van der Waals surface area contributed by atoms with Crippen molar-refractivity contribution in [1.82, 2.24) is 14.5 Å². The maximum absolute atomic E-state index is 12.7. The normalized spacial score (nSPS) is 16.6. The van der Waals surface area contributed by atoms with Crippen LogP contribution in [0.5, 0.6) is 0 Å². The van der Waals surface area contributed by atoms with Gasteiger partial charge in [0, 0.05) is 26.2 Å². The minimum atomic E-state index is -4.36. The van der Waals surface area contributed by atoms with Crippen molar-refractivity contribution in [2.75, 3.05) is 19.4 Å². The molecular formula is C17H20N4O8S. The summed E-state index contributed by atoms with van der Waals surface area (Å²) in [5.74, 6) is -3.74. The molecule has 1 aromatic carbocycles. The second-order valence-corrected chi connectivity index (χ2v) is 8.39. The number of anilines is 1. The maximum atomic E-state index is 12.7. The zero-order valence-corrected chi connectivity index (χ0v) is 17.1. The van der Waals surface area contributed by atoms with E-state index in [2.05, 4.69) is 5.32 Å². The molecule has 13 heteroatoms. The average molecular weight is 440 g/mol. The van der Waals surface area contributed by atoms with Gasteiger partial charge in [0.25, 0.3) is 11.8 Å². The lowest BCUT2D eigenvalue weighted by Gasteiger charge is -2.39. The molecule has 0 unspecified atom stereocenters. The van der Waals surface area contributed by atoms with Crippen LogP contribution >= 0.6 is 0 Å². The lowest BCUT2D eigenvalue weighted by Crippen LogP contribution is -2.71. The van der Waals surface area contributed by atoms with Crippen molar-refractivity contribution in [2.45, 2.75) is 30.2 Å². The number of benzene rings is 1. The molecule has 162 valence electrons. The number of carboxylic acids is 1. The van der Waals surface area contributed by atoms with E-state index < -0.39 is 45.3 Å². The third kappa shape index (κ3) is 4.46. The summed E-state index contributed by atoms with van der Waals surface area (Å²) in [5.41, 5.74) is -2.00. The number of aliphatic carboxylic acids is 1. The first-order valence-corrected chi connectivity index (χ1v) is 10.0. The van der Waals surface area contributed by atoms with Crippen molar-refractivity contribution in [3.8, 4) is 0 Å². The highest BCUT2D eigenvalue weighted by atomic mass is 32.2. The monoisotopic (exact) mass is 440 g/mol. The van der Waals surface area contributed by atoms with Crippen LogP contribution in [0.4, 0.5) is 10.5 Å². The summed E-state index contributed by atoms with van der Waals surface area (Å²) >= 11 is 0. The Morgan fingerprint density at radius 1 is 1.00 bits per heavy atom. The van der Waals surface area contributed by atoms with Gasteiger partial charge < -0.3 is 10.4 Å². The van der Waals surface area contributed by atoms with Crippen LogP contribution in [0.15, 0.2) is 29.2 Å². The van der Waals surface area contributed by atoms with Crippen molar-refractivity contribution >= 4 is 45.4 Å². The number of amides is 5. The molecule has 2 rings (SSSR count). The predicted octanol–water partition coefficient (Wildman–Crippen LogP) is -0.423. The summed E-state index contributed by atoms with van der Waals surface area (Å²) in [6.07, 6.45) is -0.604. The fourth-order valence-corrected chi connectivity index (χ4v) is 4.06. The second-order valence-electron chi connectivity index (χ2n) is 6.71. The van der Waals surface area contributed by atoms with Gasteiger partial charge in [0.05, 0.1) is 11.3 Å². The van der Waals surface area contributed by atoms with E-state index in [-0.39, 0.29) is 23.4 Å². The van der Waals surface area contributed by atoms with E-state index in [9.17, 15) is 32.4 Å². The van der Waals surface area contributed by atoms with E-state index in [1.165, 1.54) is 12.1 Å². The molecule has 0 atom stereocenters. The molecule has 1 fully saturated rings. The lowest BCUT2D eigenvalue weighted by molar-refractivity contribution is -0.149. The van der Waals surface area contributed by atoms with Crippen LogP contribution in [0.25, 0.3) is 0 Å². The van der Waals surface area contributed by atoms with Crippen LogP contribution in [0, 0.1) is 0 Å². The van der Waals surface area contributed by atoms with E-state index in [1.54, 1.807) is 0 Å². The number of sulfonamides is 1. The van der Waals surface area contributed by atoms with Gasteiger partial charge in [-0.05, 0) is 31.2 Å². The molecule has 1 saturated heterocycles. The Hall–Kier alpha value is -3.32. The topological polar surface area (TPSA) is 170 Å².